The Balaban J connectivity index is 0.000000374. The van der Waals surface area contributed by atoms with Gasteiger partial charge < -0.3 is 20.1 Å². The lowest BCUT2D eigenvalue weighted by Crippen LogP contribution is -2.16. The number of nitrogens with zero attached hydrogens (tertiary/aromatic N) is 1. The van der Waals surface area contributed by atoms with Crippen LogP contribution in [0, 0.1) is 5.92 Å². The monoisotopic (exact) mass is 461 g/mol. The Morgan fingerprint density at radius 2 is 1.85 bits per heavy atom. The minimum Gasteiger partial charge on any atom is -0.478 e. The SMILES string of the molecule is CC1CCCCC1.O=C(O)/C=C/c1ccc2nc(Nc3ccc(OC(F)(F)F)cc3)[nH]c2c1. The number of carboxylic acid groups (broad SMARTS) is 1. The van der Waals surface area contributed by atoms with Gasteiger partial charge in [-0.3, -0.25) is 0 Å². The summed E-state index contributed by atoms with van der Waals surface area (Å²) < 4.78 is 40.3. The summed E-state index contributed by atoms with van der Waals surface area (Å²) in [5.74, 6) is 0.0649. The van der Waals surface area contributed by atoms with Crippen LogP contribution in [0.5, 0.6) is 5.75 Å². The van der Waals surface area contributed by atoms with Crippen molar-refractivity contribution in [3.05, 3.63) is 54.1 Å². The number of imidazole rings is 1. The van der Waals surface area contributed by atoms with Crippen LogP contribution in [0.25, 0.3) is 17.1 Å². The maximum Gasteiger partial charge on any atom is 0.573 e. The number of ether oxygens (including phenoxy) is 1. The number of carbonyl (C=O) groups is 1. The molecule has 0 radical (unpaired) electrons. The molecule has 176 valence electrons. The molecule has 1 aliphatic carbocycles. The van der Waals surface area contributed by atoms with Gasteiger partial charge >= 0.3 is 12.3 Å². The van der Waals surface area contributed by atoms with Crippen LogP contribution in [0.1, 0.15) is 44.6 Å². The zero-order valence-electron chi connectivity index (χ0n) is 18.2. The molecule has 3 N–H and O–H groups in total. The summed E-state index contributed by atoms with van der Waals surface area (Å²) in [4.78, 5) is 17.9. The lowest BCUT2D eigenvalue weighted by Gasteiger charge is -2.15. The molecule has 4 rings (SSSR count). The van der Waals surface area contributed by atoms with Crippen LogP contribution in [-0.2, 0) is 4.79 Å². The first kappa shape index (κ1) is 24.2. The first-order chi connectivity index (χ1) is 15.7. The van der Waals surface area contributed by atoms with Crippen LogP contribution in [0.3, 0.4) is 0 Å². The van der Waals surface area contributed by atoms with E-state index in [0.29, 0.717) is 28.2 Å². The molecule has 0 bridgehead atoms. The average molecular weight is 461 g/mol. The normalized spacial score (nSPS) is 14.7. The molecule has 2 aromatic carbocycles. The molecule has 9 heteroatoms. The van der Waals surface area contributed by atoms with Gasteiger partial charge in [0, 0.05) is 11.8 Å². The largest absolute Gasteiger partial charge is 0.573 e. The lowest BCUT2D eigenvalue weighted by molar-refractivity contribution is -0.274. The Morgan fingerprint density at radius 3 is 2.42 bits per heavy atom. The summed E-state index contributed by atoms with van der Waals surface area (Å²) in [5.41, 5.74) is 2.53. The van der Waals surface area contributed by atoms with E-state index in [9.17, 15) is 18.0 Å². The number of benzene rings is 2. The number of rotatable bonds is 5. The van der Waals surface area contributed by atoms with Gasteiger partial charge in [0.25, 0.3) is 0 Å². The van der Waals surface area contributed by atoms with Crippen molar-refractivity contribution in [1.29, 1.82) is 0 Å². The molecule has 0 unspecified atom stereocenters. The molecule has 0 saturated heterocycles. The number of aliphatic carboxylic acids is 1. The third-order valence-electron chi connectivity index (χ3n) is 5.17. The fourth-order valence-corrected chi connectivity index (χ4v) is 3.54. The summed E-state index contributed by atoms with van der Waals surface area (Å²) in [7, 11) is 0. The molecule has 1 aromatic heterocycles. The zero-order valence-corrected chi connectivity index (χ0v) is 18.2. The lowest BCUT2D eigenvalue weighted by atomic mass is 9.91. The Labute approximate surface area is 189 Å². The number of nitrogens with one attached hydrogen (secondary N) is 2. The highest BCUT2D eigenvalue weighted by atomic mass is 19.4. The number of H-pyrrole nitrogens is 1. The standard InChI is InChI=1S/C17H12F3N3O3.C7H14/c18-17(19,20)26-12-5-3-11(4-6-12)21-16-22-13-7-1-10(2-8-15(24)25)9-14(13)23-16;1-7-5-3-2-4-6-7/h1-9H,(H,24,25)(H2,21,22,23);7H,2-6H2,1H3/b8-2+;. The van der Waals surface area contributed by atoms with E-state index in [-0.39, 0.29) is 5.75 Å². The molecule has 0 atom stereocenters. The van der Waals surface area contributed by atoms with Crippen LogP contribution in [0.15, 0.2) is 48.5 Å². The van der Waals surface area contributed by atoms with E-state index in [0.717, 1.165) is 12.0 Å². The van der Waals surface area contributed by atoms with Gasteiger partial charge in [-0.05, 0) is 54.0 Å². The third kappa shape index (κ3) is 8.17. The summed E-state index contributed by atoms with van der Waals surface area (Å²) in [5, 5.41) is 11.6. The predicted octanol–water partition coefficient (Wildman–Crippen LogP) is 6.89. The van der Waals surface area contributed by atoms with E-state index >= 15 is 0 Å². The number of halogens is 3. The average Bonchev–Trinajstić information content (AvgIpc) is 3.15. The van der Waals surface area contributed by atoms with E-state index in [4.69, 9.17) is 5.11 Å². The van der Waals surface area contributed by atoms with Crippen LogP contribution >= 0.6 is 0 Å². The van der Waals surface area contributed by atoms with Crippen molar-refractivity contribution in [2.24, 2.45) is 5.92 Å². The number of carboxylic acids is 1. The maximum atomic E-state index is 12.1. The van der Waals surface area contributed by atoms with E-state index in [2.05, 4.69) is 26.9 Å². The molecule has 1 heterocycles. The summed E-state index contributed by atoms with van der Waals surface area (Å²) >= 11 is 0. The second-order valence-electron chi connectivity index (χ2n) is 7.97. The Bertz CT molecular complexity index is 1090. The smallest absolute Gasteiger partial charge is 0.478 e. The molecular weight excluding hydrogens is 435 g/mol. The van der Waals surface area contributed by atoms with Gasteiger partial charge in [0.2, 0.25) is 5.95 Å². The second kappa shape index (κ2) is 10.9. The molecular formula is C24H26F3N3O3. The number of hydrogen-bond acceptors (Lipinski definition) is 4. The van der Waals surface area contributed by atoms with Gasteiger partial charge in [-0.15, -0.1) is 13.2 Å². The van der Waals surface area contributed by atoms with Crippen LogP contribution < -0.4 is 10.1 Å². The van der Waals surface area contributed by atoms with Crippen molar-refractivity contribution in [2.45, 2.75) is 45.4 Å². The van der Waals surface area contributed by atoms with Crippen molar-refractivity contribution in [3.8, 4) is 5.75 Å². The molecule has 0 amide bonds. The molecule has 1 aliphatic rings. The Hall–Kier alpha value is -3.49. The zero-order chi connectivity index (χ0) is 23.8. The highest BCUT2D eigenvalue weighted by molar-refractivity contribution is 5.87. The second-order valence-corrected chi connectivity index (χ2v) is 7.97. The van der Waals surface area contributed by atoms with Gasteiger partial charge in [0.1, 0.15) is 5.75 Å². The minimum absolute atomic E-state index is 0.317. The van der Waals surface area contributed by atoms with E-state index in [1.807, 2.05) is 0 Å². The van der Waals surface area contributed by atoms with Crippen molar-refractivity contribution in [3.63, 3.8) is 0 Å². The van der Waals surface area contributed by atoms with E-state index in [1.165, 1.54) is 62.4 Å². The van der Waals surface area contributed by atoms with Gasteiger partial charge in [-0.25, -0.2) is 9.78 Å². The van der Waals surface area contributed by atoms with Crippen LogP contribution in [0.2, 0.25) is 0 Å². The van der Waals surface area contributed by atoms with Gasteiger partial charge in [0.15, 0.2) is 0 Å². The number of alkyl halides is 3. The van der Waals surface area contributed by atoms with Crippen molar-refractivity contribution in [1.82, 2.24) is 9.97 Å². The quantitative estimate of drug-likeness (QED) is 0.360. The van der Waals surface area contributed by atoms with Crippen LogP contribution in [-0.4, -0.2) is 27.4 Å². The molecule has 0 spiro atoms. The van der Waals surface area contributed by atoms with Crippen molar-refractivity contribution in [2.75, 3.05) is 5.32 Å². The summed E-state index contributed by atoms with van der Waals surface area (Å²) in [6.07, 6.45) is 5.18. The van der Waals surface area contributed by atoms with Crippen molar-refractivity contribution < 1.29 is 27.8 Å². The molecule has 3 aromatic rings. The molecule has 0 aliphatic heterocycles. The fourth-order valence-electron chi connectivity index (χ4n) is 3.54. The number of aromatic amines is 1. The van der Waals surface area contributed by atoms with Gasteiger partial charge in [0.05, 0.1) is 11.0 Å². The highest BCUT2D eigenvalue weighted by Gasteiger charge is 2.30. The topological polar surface area (TPSA) is 87.2 Å². The Kier molecular flexibility index (Phi) is 7.97. The third-order valence-corrected chi connectivity index (χ3v) is 5.17. The maximum absolute atomic E-state index is 12.1. The number of hydrogen-bond donors (Lipinski definition) is 3. The molecule has 1 saturated carbocycles. The number of fused-ring (bicyclic) bond motifs is 1. The summed E-state index contributed by atoms with van der Waals surface area (Å²) in [6.45, 7) is 2.36. The molecule has 6 nitrogen and oxygen atoms in total. The number of anilines is 2. The summed E-state index contributed by atoms with van der Waals surface area (Å²) in [6, 6.07) is 10.4. The Morgan fingerprint density at radius 1 is 1.15 bits per heavy atom. The highest BCUT2D eigenvalue weighted by Crippen LogP contribution is 2.26. The van der Waals surface area contributed by atoms with Gasteiger partial charge in [-0.2, -0.15) is 0 Å². The van der Waals surface area contributed by atoms with Crippen LogP contribution in [0.4, 0.5) is 24.8 Å². The predicted molar refractivity (Wildman–Crippen MR) is 121 cm³/mol. The minimum atomic E-state index is -4.74. The molecule has 33 heavy (non-hydrogen) atoms. The fraction of sp³-hybridized carbons (Fsp3) is 0.333. The van der Waals surface area contributed by atoms with Crippen molar-refractivity contribution >= 4 is 34.7 Å². The van der Waals surface area contributed by atoms with Gasteiger partial charge in [-0.1, -0.05) is 45.1 Å². The number of aromatic nitrogens is 2. The first-order valence-electron chi connectivity index (χ1n) is 10.7. The van der Waals surface area contributed by atoms with E-state index in [1.54, 1.807) is 18.2 Å². The molecule has 1 fully saturated rings. The first-order valence-corrected chi connectivity index (χ1v) is 10.7. The van der Waals surface area contributed by atoms with E-state index < -0.39 is 12.3 Å².